The van der Waals surface area contributed by atoms with E-state index in [-0.39, 0.29) is 6.54 Å². The van der Waals surface area contributed by atoms with Gasteiger partial charge >= 0.3 is 11.8 Å². The van der Waals surface area contributed by atoms with Crippen LogP contribution in [0.15, 0.2) is 54.6 Å². The van der Waals surface area contributed by atoms with Gasteiger partial charge in [-0.2, -0.15) is 0 Å². The Hall–Kier alpha value is -3.15. The van der Waals surface area contributed by atoms with Crippen molar-refractivity contribution in [3.8, 4) is 0 Å². The van der Waals surface area contributed by atoms with E-state index in [9.17, 15) is 14.4 Å². The Morgan fingerprint density at radius 3 is 2.04 bits per heavy atom. The van der Waals surface area contributed by atoms with Crippen LogP contribution in [-0.2, 0) is 20.9 Å². The van der Waals surface area contributed by atoms with Crippen LogP contribution >= 0.6 is 0 Å². The summed E-state index contributed by atoms with van der Waals surface area (Å²) in [6, 6.07) is 15.5. The van der Waals surface area contributed by atoms with Crippen molar-refractivity contribution in [2.45, 2.75) is 13.5 Å². The fourth-order valence-electron chi connectivity index (χ4n) is 2.25. The maximum atomic E-state index is 12.5. The van der Waals surface area contributed by atoms with Crippen LogP contribution in [0.4, 0.5) is 11.4 Å². The minimum atomic E-state index is -0.897. The second-order valence-corrected chi connectivity index (χ2v) is 5.40. The third-order valence-corrected chi connectivity index (χ3v) is 3.46. The monoisotopic (exact) mass is 325 g/mol. The number of nitrogens with two attached hydrogens (primary N) is 1. The molecule has 0 aliphatic rings. The van der Waals surface area contributed by atoms with Gasteiger partial charge in [0.2, 0.25) is 5.91 Å². The molecule has 0 aliphatic carbocycles. The van der Waals surface area contributed by atoms with Crippen LogP contribution in [-0.4, -0.2) is 29.7 Å². The largest absolute Gasteiger partial charge is 0.399 e. The molecule has 0 spiro atoms. The van der Waals surface area contributed by atoms with Crippen molar-refractivity contribution in [2.75, 3.05) is 17.7 Å². The standard InChI is InChI=1S/C18H19N3O3/c1-13(22)21(16-10-8-15(19)9-11-16)18(24)17(23)20(2)12-14-6-4-3-5-7-14/h3-11H,12,19H2,1-2H3. The van der Waals surface area contributed by atoms with Gasteiger partial charge in [0.25, 0.3) is 0 Å². The summed E-state index contributed by atoms with van der Waals surface area (Å²) in [7, 11) is 1.52. The molecule has 0 radical (unpaired) electrons. The summed E-state index contributed by atoms with van der Waals surface area (Å²) in [6.45, 7) is 1.51. The lowest BCUT2D eigenvalue weighted by Gasteiger charge is -2.22. The lowest BCUT2D eigenvalue weighted by molar-refractivity contribution is -0.145. The summed E-state index contributed by atoms with van der Waals surface area (Å²) in [5.41, 5.74) is 7.31. The number of rotatable bonds is 3. The molecule has 124 valence electrons. The highest BCUT2D eigenvalue weighted by atomic mass is 16.2. The number of hydrogen-bond donors (Lipinski definition) is 1. The van der Waals surface area contributed by atoms with Crippen LogP contribution in [0, 0.1) is 0 Å². The maximum Gasteiger partial charge on any atom is 0.323 e. The first-order valence-electron chi connectivity index (χ1n) is 7.39. The highest BCUT2D eigenvalue weighted by Crippen LogP contribution is 2.17. The van der Waals surface area contributed by atoms with Gasteiger partial charge < -0.3 is 10.6 Å². The molecule has 0 atom stereocenters. The third-order valence-electron chi connectivity index (χ3n) is 3.46. The summed E-state index contributed by atoms with van der Waals surface area (Å²) < 4.78 is 0. The quantitative estimate of drug-likeness (QED) is 0.689. The first-order valence-corrected chi connectivity index (χ1v) is 7.39. The van der Waals surface area contributed by atoms with E-state index in [1.807, 2.05) is 30.3 Å². The molecule has 0 aliphatic heterocycles. The number of hydrogen-bond acceptors (Lipinski definition) is 4. The second kappa shape index (κ2) is 7.41. The normalized spacial score (nSPS) is 10.1. The molecule has 0 aromatic heterocycles. The fraction of sp³-hybridized carbons (Fsp3) is 0.167. The molecule has 0 saturated heterocycles. The Bertz CT molecular complexity index is 742. The van der Waals surface area contributed by atoms with Gasteiger partial charge in [0, 0.05) is 26.2 Å². The Morgan fingerprint density at radius 1 is 0.917 bits per heavy atom. The summed E-state index contributed by atoms with van der Waals surface area (Å²) in [4.78, 5) is 38.9. The van der Waals surface area contributed by atoms with Gasteiger partial charge in [-0.25, -0.2) is 4.90 Å². The Morgan fingerprint density at radius 2 is 1.50 bits per heavy atom. The van der Waals surface area contributed by atoms with E-state index in [0.29, 0.717) is 11.4 Å². The van der Waals surface area contributed by atoms with Crippen molar-refractivity contribution in [2.24, 2.45) is 0 Å². The van der Waals surface area contributed by atoms with Crippen LogP contribution in [0.5, 0.6) is 0 Å². The summed E-state index contributed by atoms with van der Waals surface area (Å²) >= 11 is 0. The van der Waals surface area contributed by atoms with Crippen LogP contribution in [0.3, 0.4) is 0 Å². The van der Waals surface area contributed by atoms with Crippen LogP contribution < -0.4 is 10.6 Å². The average Bonchev–Trinajstić information content (AvgIpc) is 2.56. The average molecular weight is 325 g/mol. The highest BCUT2D eigenvalue weighted by molar-refractivity contribution is 6.45. The SMILES string of the molecule is CC(=O)N(C(=O)C(=O)N(C)Cc1ccccc1)c1ccc(N)cc1. The number of carbonyl (C=O) groups excluding carboxylic acids is 3. The maximum absolute atomic E-state index is 12.5. The van der Waals surface area contributed by atoms with E-state index in [4.69, 9.17) is 5.73 Å². The minimum Gasteiger partial charge on any atom is -0.399 e. The van der Waals surface area contributed by atoms with Gasteiger partial charge in [0.15, 0.2) is 0 Å². The zero-order valence-electron chi connectivity index (χ0n) is 13.6. The second-order valence-electron chi connectivity index (χ2n) is 5.40. The molecular weight excluding hydrogens is 306 g/mol. The molecular formula is C18H19N3O3. The van der Waals surface area contributed by atoms with E-state index in [2.05, 4.69) is 0 Å². The van der Waals surface area contributed by atoms with Crippen molar-refractivity contribution in [1.82, 2.24) is 4.90 Å². The zero-order chi connectivity index (χ0) is 17.7. The highest BCUT2D eigenvalue weighted by Gasteiger charge is 2.29. The van der Waals surface area contributed by atoms with Crippen LogP contribution in [0.1, 0.15) is 12.5 Å². The lowest BCUT2D eigenvalue weighted by Crippen LogP contribution is -2.45. The Balaban J connectivity index is 2.18. The van der Waals surface area contributed by atoms with Crippen LogP contribution in [0.25, 0.3) is 0 Å². The van der Waals surface area contributed by atoms with E-state index in [1.54, 1.807) is 12.1 Å². The van der Waals surface area contributed by atoms with Crippen LogP contribution in [0.2, 0.25) is 0 Å². The Kier molecular flexibility index (Phi) is 5.31. The molecule has 2 rings (SSSR count). The van der Waals surface area contributed by atoms with Crippen molar-refractivity contribution in [3.63, 3.8) is 0 Å². The van der Waals surface area contributed by atoms with Gasteiger partial charge in [-0.15, -0.1) is 0 Å². The molecule has 0 saturated carbocycles. The van der Waals surface area contributed by atoms with Crippen molar-refractivity contribution >= 4 is 29.1 Å². The van der Waals surface area contributed by atoms with Gasteiger partial charge in [-0.1, -0.05) is 30.3 Å². The third kappa shape index (κ3) is 3.98. The van der Waals surface area contributed by atoms with E-state index in [1.165, 1.54) is 31.0 Å². The topological polar surface area (TPSA) is 83.7 Å². The number of amides is 3. The number of carbonyl (C=O) groups is 3. The molecule has 3 amide bonds. The van der Waals surface area contributed by atoms with Crippen molar-refractivity contribution < 1.29 is 14.4 Å². The molecule has 0 fully saturated rings. The molecule has 2 aromatic rings. The van der Waals surface area contributed by atoms with E-state index < -0.39 is 17.7 Å². The van der Waals surface area contributed by atoms with Gasteiger partial charge in [0.1, 0.15) is 0 Å². The number of likely N-dealkylation sites (N-methyl/N-ethyl adjacent to an activating group) is 1. The summed E-state index contributed by atoms with van der Waals surface area (Å²) in [5.74, 6) is -2.19. The number of imide groups is 1. The van der Waals surface area contributed by atoms with E-state index >= 15 is 0 Å². The molecule has 0 unspecified atom stereocenters. The predicted octanol–water partition coefficient (Wildman–Crippen LogP) is 1.81. The van der Waals surface area contributed by atoms with Gasteiger partial charge in [0.05, 0.1) is 5.69 Å². The molecule has 0 heterocycles. The summed E-state index contributed by atoms with van der Waals surface area (Å²) in [5, 5.41) is 0. The van der Waals surface area contributed by atoms with Gasteiger partial charge in [-0.05, 0) is 29.8 Å². The molecule has 2 N–H and O–H groups in total. The number of anilines is 2. The number of nitrogen functional groups attached to an aromatic ring is 1. The molecule has 2 aromatic carbocycles. The number of benzene rings is 2. The molecule has 0 bridgehead atoms. The molecule has 6 heteroatoms. The first-order chi connectivity index (χ1) is 11.4. The van der Waals surface area contributed by atoms with Crippen molar-refractivity contribution in [1.29, 1.82) is 0 Å². The zero-order valence-corrected chi connectivity index (χ0v) is 13.6. The first kappa shape index (κ1) is 17.2. The molecule has 6 nitrogen and oxygen atoms in total. The molecule has 24 heavy (non-hydrogen) atoms. The predicted molar refractivity (Wildman–Crippen MR) is 91.9 cm³/mol. The Labute approximate surface area is 140 Å². The van der Waals surface area contributed by atoms with Crippen molar-refractivity contribution in [3.05, 3.63) is 60.2 Å². The smallest absolute Gasteiger partial charge is 0.323 e. The minimum absolute atomic E-state index is 0.277. The van der Waals surface area contributed by atoms with E-state index in [0.717, 1.165) is 10.5 Å². The lowest BCUT2D eigenvalue weighted by atomic mass is 10.2. The fourth-order valence-corrected chi connectivity index (χ4v) is 2.25. The summed E-state index contributed by atoms with van der Waals surface area (Å²) in [6.07, 6.45) is 0. The number of nitrogens with zero attached hydrogens (tertiary/aromatic N) is 2. The van der Waals surface area contributed by atoms with Gasteiger partial charge in [-0.3, -0.25) is 14.4 Å².